The third kappa shape index (κ3) is 5.81. The van der Waals surface area contributed by atoms with E-state index >= 15 is 0 Å². The van der Waals surface area contributed by atoms with Crippen molar-refractivity contribution >= 4 is 39.6 Å². The van der Waals surface area contributed by atoms with Crippen LogP contribution in [0, 0.1) is 0 Å². The van der Waals surface area contributed by atoms with Crippen molar-refractivity contribution < 1.29 is 0 Å². The molecule has 54 heavy (non-hydrogen) atoms. The molecule has 8 aromatic carbocycles. The van der Waals surface area contributed by atoms with Gasteiger partial charge in [-0.15, -0.1) is 0 Å². The van der Waals surface area contributed by atoms with E-state index in [0.717, 1.165) is 33.8 Å². The normalized spacial score (nSPS) is 11.6. The predicted molar refractivity (Wildman–Crippen MR) is 223 cm³/mol. The van der Waals surface area contributed by atoms with Crippen molar-refractivity contribution in [3.05, 3.63) is 194 Å². The Hall–Kier alpha value is -6.82. The van der Waals surface area contributed by atoms with Crippen LogP contribution < -0.4 is 4.90 Å². The molecule has 10 rings (SSSR count). The molecule has 0 radical (unpaired) electrons. The zero-order valence-electron chi connectivity index (χ0n) is 29.2. The molecular formula is C49H32N4S. The summed E-state index contributed by atoms with van der Waals surface area (Å²) < 4.78 is 0. The predicted octanol–water partition coefficient (Wildman–Crippen LogP) is 13.3. The number of nitrogens with zero attached hydrogens (tertiary/aromatic N) is 4. The van der Waals surface area contributed by atoms with Crippen molar-refractivity contribution in [1.29, 1.82) is 0 Å². The molecule has 0 unspecified atom stereocenters. The molecule has 0 N–H and O–H groups in total. The number of anilines is 3. The molecule has 254 valence electrons. The van der Waals surface area contributed by atoms with Crippen LogP contribution in [-0.4, -0.2) is 15.0 Å². The minimum absolute atomic E-state index is 0.649. The zero-order chi connectivity index (χ0) is 35.8. The van der Waals surface area contributed by atoms with Crippen molar-refractivity contribution in [2.24, 2.45) is 0 Å². The fourth-order valence-electron chi connectivity index (χ4n) is 7.33. The molecule has 2 heterocycles. The lowest BCUT2D eigenvalue weighted by Crippen LogP contribution is -2.11. The van der Waals surface area contributed by atoms with Crippen molar-refractivity contribution in [3.63, 3.8) is 0 Å². The van der Waals surface area contributed by atoms with E-state index in [9.17, 15) is 0 Å². The highest BCUT2D eigenvalue weighted by Gasteiger charge is 2.24. The monoisotopic (exact) mass is 708 g/mol. The third-order valence-electron chi connectivity index (χ3n) is 9.91. The minimum Gasteiger partial charge on any atom is -0.310 e. The molecule has 0 atom stereocenters. The number of rotatable bonds is 7. The molecule has 0 bridgehead atoms. The van der Waals surface area contributed by atoms with Crippen molar-refractivity contribution in [2.75, 3.05) is 4.90 Å². The van der Waals surface area contributed by atoms with E-state index in [4.69, 9.17) is 15.0 Å². The smallest absolute Gasteiger partial charge is 0.164 e. The molecule has 5 heteroatoms. The standard InChI is InChI=1S/C49H32N4S/c1-5-14-33(15-6-1)34-24-27-39(28-25-34)53(38-20-11-4-12-21-38)43-29-31-45-46-40(22-13-23-41(43)46)42-32-37(26-30-44(42)54-45)49-51-47(35-16-7-2-8-17-35)50-48(52-49)36-18-9-3-10-19-36/h1-32H. The van der Waals surface area contributed by atoms with Gasteiger partial charge < -0.3 is 4.90 Å². The lowest BCUT2D eigenvalue weighted by atomic mass is 9.94. The van der Waals surface area contributed by atoms with Crippen LogP contribution >= 0.6 is 11.8 Å². The minimum atomic E-state index is 0.649. The van der Waals surface area contributed by atoms with Crippen LogP contribution in [-0.2, 0) is 0 Å². The zero-order valence-corrected chi connectivity index (χ0v) is 30.0. The Labute approximate surface area is 318 Å². The Morgan fingerprint density at radius 1 is 0.352 bits per heavy atom. The highest BCUT2D eigenvalue weighted by molar-refractivity contribution is 7.99. The summed E-state index contributed by atoms with van der Waals surface area (Å²) in [5.41, 5.74) is 11.0. The molecular weight excluding hydrogens is 677 g/mol. The maximum absolute atomic E-state index is 5.04. The molecule has 0 amide bonds. The van der Waals surface area contributed by atoms with Gasteiger partial charge in [-0.2, -0.15) is 0 Å². The summed E-state index contributed by atoms with van der Waals surface area (Å²) >= 11 is 1.82. The summed E-state index contributed by atoms with van der Waals surface area (Å²) in [4.78, 5) is 19.8. The van der Waals surface area contributed by atoms with Gasteiger partial charge in [-0.3, -0.25) is 0 Å². The second kappa shape index (κ2) is 13.6. The first kappa shape index (κ1) is 31.9. The fraction of sp³-hybridized carbons (Fsp3) is 0. The van der Waals surface area contributed by atoms with Gasteiger partial charge in [0.05, 0.1) is 5.69 Å². The van der Waals surface area contributed by atoms with E-state index in [-0.39, 0.29) is 0 Å². The maximum Gasteiger partial charge on any atom is 0.164 e. The molecule has 1 aliphatic heterocycles. The van der Waals surface area contributed by atoms with Gasteiger partial charge in [-0.05, 0) is 70.8 Å². The molecule has 1 aliphatic rings. The van der Waals surface area contributed by atoms with Crippen LogP contribution in [0.2, 0.25) is 0 Å². The number of benzene rings is 8. The molecule has 1 aromatic heterocycles. The van der Waals surface area contributed by atoms with Crippen molar-refractivity contribution in [1.82, 2.24) is 15.0 Å². The Kier molecular flexibility index (Phi) is 8.04. The van der Waals surface area contributed by atoms with E-state index in [0.29, 0.717) is 17.5 Å². The molecule has 0 fully saturated rings. The van der Waals surface area contributed by atoms with Crippen LogP contribution in [0.15, 0.2) is 204 Å². The van der Waals surface area contributed by atoms with Crippen LogP contribution in [0.25, 0.3) is 67.2 Å². The van der Waals surface area contributed by atoms with Crippen LogP contribution in [0.3, 0.4) is 0 Å². The molecule has 0 aliphatic carbocycles. The van der Waals surface area contributed by atoms with Crippen LogP contribution in [0.4, 0.5) is 17.1 Å². The highest BCUT2D eigenvalue weighted by Crippen LogP contribution is 2.52. The molecule has 0 spiro atoms. The molecule has 0 saturated heterocycles. The number of hydrogen-bond acceptors (Lipinski definition) is 5. The lowest BCUT2D eigenvalue weighted by Gasteiger charge is -2.29. The average molecular weight is 709 g/mol. The number of aromatic nitrogens is 3. The Bertz CT molecular complexity index is 2710. The van der Waals surface area contributed by atoms with Crippen LogP contribution in [0.1, 0.15) is 0 Å². The summed E-state index contributed by atoms with van der Waals surface area (Å²) in [6.07, 6.45) is 0. The van der Waals surface area contributed by atoms with Crippen LogP contribution in [0.5, 0.6) is 0 Å². The SMILES string of the molecule is c1ccc(-c2ccc(N(c3ccccc3)c3ccc4c5c(cccc35)-c3cc(-c5nc(-c6ccccc6)nc(-c6ccccc6)n5)ccc3S4)cc2)cc1. The summed E-state index contributed by atoms with van der Waals surface area (Å²) in [7, 11) is 0. The number of hydrogen-bond donors (Lipinski definition) is 0. The van der Waals surface area contributed by atoms with E-state index < -0.39 is 0 Å². The number of fused-ring (bicyclic) bond motifs is 2. The summed E-state index contributed by atoms with van der Waals surface area (Å²) in [6.45, 7) is 0. The Balaban J connectivity index is 1.11. The maximum atomic E-state index is 5.04. The van der Waals surface area contributed by atoms with Crippen molar-refractivity contribution in [2.45, 2.75) is 9.79 Å². The second-order valence-corrected chi connectivity index (χ2v) is 14.3. The van der Waals surface area contributed by atoms with E-state index in [1.807, 2.05) is 72.4 Å². The largest absolute Gasteiger partial charge is 0.310 e. The first-order valence-electron chi connectivity index (χ1n) is 18.0. The fourth-order valence-corrected chi connectivity index (χ4v) is 8.44. The van der Waals surface area contributed by atoms with Gasteiger partial charge in [0, 0.05) is 48.6 Å². The summed E-state index contributed by atoms with van der Waals surface area (Å²) in [5, 5.41) is 2.44. The lowest BCUT2D eigenvalue weighted by molar-refractivity contribution is 1.07. The van der Waals surface area contributed by atoms with E-state index in [2.05, 4.69) is 138 Å². The first-order chi connectivity index (χ1) is 26.8. The molecule has 0 saturated carbocycles. The topological polar surface area (TPSA) is 41.9 Å². The summed E-state index contributed by atoms with van der Waals surface area (Å²) in [6, 6.07) is 68.2. The number of para-hydroxylation sites is 1. The quantitative estimate of drug-likeness (QED) is 0.165. The first-order valence-corrected chi connectivity index (χ1v) is 18.8. The van der Waals surface area contributed by atoms with Gasteiger partial charge in [0.2, 0.25) is 0 Å². The van der Waals surface area contributed by atoms with Crippen molar-refractivity contribution in [3.8, 4) is 56.4 Å². The van der Waals surface area contributed by atoms with E-state index in [1.54, 1.807) is 0 Å². The molecule has 4 nitrogen and oxygen atoms in total. The highest BCUT2D eigenvalue weighted by atomic mass is 32.2. The van der Waals surface area contributed by atoms with E-state index in [1.165, 1.54) is 42.8 Å². The average Bonchev–Trinajstić information content (AvgIpc) is 3.26. The second-order valence-electron chi connectivity index (χ2n) is 13.2. The van der Waals surface area contributed by atoms with Gasteiger partial charge in [0.25, 0.3) is 0 Å². The molecule has 9 aromatic rings. The Morgan fingerprint density at radius 3 is 1.48 bits per heavy atom. The van der Waals surface area contributed by atoms with Gasteiger partial charge in [-0.25, -0.2) is 15.0 Å². The van der Waals surface area contributed by atoms with Gasteiger partial charge in [-0.1, -0.05) is 157 Å². The summed E-state index contributed by atoms with van der Waals surface area (Å²) in [5.74, 6) is 1.96. The third-order valence-corrected chi connectivity index (χ3v) is 11.1. The van der Waals surface area contributed by atoms with Gasteiger partial charge >= 0.3 is 0 Å². The Morgan fingerprint density at radius 2 is 0.852 bits per heavy atom. The van der Waals surface area contributed by atoms with Gasteiger partial charge in [0.1, 0.15) is 0 Å². The van der Waals surface area contributed by atoms with Gasteiger partial charge in [0.15, 0.2) is 17.5 Å².